The second kappa shape index (κ2) is 1.74. The molecule has 0 saturated heterocycles. The van der Waals surface area contributed by atoms with Crippen LogP contribution in [0.3, 0.4) is 0 Å². The highest BCUT2D eigenvalue weighted by atomic mass is 17.2. The van der Waals surface area contributed by atoms with Crippen LogP contribution in [0.4, 0.5) is 0 Å². The monoisotopic (exact) mass is 121 g/mol. The second-order valence-electron chi connectivity index (χ2n) is 1.88. The molecule has 45 valence electrons. The van der Waals surface area contributed by atoms with Gasteiger partial charge in [-0.15, -0.1) is 0 Å². The molecule has 2 heteroatoms. The van der Waals surface area contributed by atoms with Gasteiger partial charge in [-0.1, -0.05) is 12.1 Å². The Morgan fingerprint density at radius 3 is 3.44 bits per heavy atom. The molecule has 0 spiro atoms. The van der Waals surface area contributed by atoms with E-state index in [1.807, 2.05) is 12.1 Å². The first-order valence-corrected chi connectivity index (χ1v) is 2.75. The summed E-state index contributed by atoms with van der Waals surface area (Å²) in [5, 5.41) is 0. The zero-order chi connectivity index (χ0) is 6.10. The van der Waals surface area contributed by atoms with E-state index in [4.69, 9.17) is 9.78 Å². The highest BCUT2D eigenvalue weighted by molar-refractivity contribution is 5.32. The fraction of sp³-hybridized carbons (Fsp3) is 0.143. The summed E-state index contributed by atoms with van der Waals surface area (Å²) in [6.07, 6.45) is 0. The Bertz CT molecular complexity index is 197. The molecule has 0 N–H and O–H groups in total. The predicted octanol–water partition coefficient (Wildman–Crippen LogP) is 1.31. The Morgan fingerprint density at radius 2 is 2.56 bits per heavy atom. The van der Waals surface area contributed by atoms with E-state index in [1.165, 1.54) is 0 Å². The highest BCUT2D eigenvalue weighted by Gasteiger charge is 2.10. The van der Waals surface area contributed by atoms with Crippen molar-refractivity contribution in [3.63, 3.8) is 0 Å². The van der Waals surface area contributed by atoms with Crippen LogP contribution in [0.2, 0.25) is 0 Å². The third-order valence-corrected chi connectivity index (χ3v) is 1.27. The standard InChI is InChI=1S/C7H5O2/c1-2-4-7-6(3-1)5-8-9-7/h1,3-4H,5H2. The summed E-state index contributed by atoms with van der Waals surface area (Å²) in [5.41, 5.74) is 1.09. The summed E-state index contributed by atoms with van der Waals surface area (Å²) >= 11 is 0. The summed E-state index contributed by atoms with van der Waals surface area (Å²) in [7, 11) is 0. The van der Waals surface area contributed by atoms with Crippen molar-refractivity contribution >= 4 is 0 Å². The van der Waals surface area contributed by atoms with Crippen LogP contribution in [0.1, 0.15) is 5.56 Å². The minimum atomic E-state index is 0.560. The van der Waals surface area contributed by atoms with Crippen LogP contribution >= 0.6 is 0 Å². The Hall–Kier alpha value is -1.02. The van der Waals surface area contributed by atoms with Crippen molar-refractivity contribution in [3.05, 3.63) is 29.8 Å². The van der Waals surface area contributed by atoms with Gasteiger partial charge in [-0.05, 0) is 12.1 Å². The van der Waals surface area contributed by atoms with E-state index >= 15 is 0 Å². The van der Waals surface area contributed by atoms with Gasteiger partial charge in [0.05, 0.1) is 0 Å². The van der Waals surface area contributed by atoms with Gasteiger partial charge < -0.3 is 4.89 Å². The van der Waals surface area contributed by atoms with Gasteiger partial charge in [0.2, 0.25) is 0 Å². The van der Waals surface area contributed by atoms with E-state index in [-0.39, 0.29) is 0 Å². The molecule has 0 bridgehead atoms. The first-order valence-electron chi connectivity index (χ1n) is 2.75. The lowest BCUT2D eigenvalue weighted by Crippen LogP contribution is -1.80. The maximum atomic E-state index is 4.77. The van der Waals surface area contributed by atoms with E-state index in [2.05, 4.69) is 6.07 Å². The molecule has 0 atom stereocenters. The van der Waals surface area contributed by atoms with E-state index in [0.29, 0.717) is 6.61 Å². The van der Waals surface area contributed by atoms with Crippen molar-refractivity contribution in [2.75, 3.05) is 0 Å². The van der Waals surface area contributed by atoms with Gasteiger partial charge in [-0.3, -0.25) is 0 Å². The molecule has 9 heavy (non-hydrogen) atoms. The third-order valence-electron chi connectivity index (χ3n) is 1.27. The zero-order valence-corrected chi connectivity index (χ0v) is 4.76. The molecule has 1 aromatic rings. The topological polar surface area (TPSA) is 18.5 Å². The second-order valence-corrected chi connectivity index (χ2v) is 1.88. The fourth-order valence-electron chi connectivity index (χ4n) is 0.801. The van der Waals surface area contributed by atoms with Gasteiger partial charge in [0.15, 0.2) is 5.75 Å². The SMILES string of the molecule is [c]1ccc2c(c1)OOC2. The summed E-state index contributed by atoms with van der Waals surface area (Å²) < 4.78 is 0. The number of hydrogen-bond donors (Lipinski definition) is 0. The first-order chi connectivity index (χ1) is 4.47. The maximum Gasteiger partial charge on any atom is 0.171 e. The predicted molar refractivity (Wildman–Crippen MR) is 30.7 cm³/mol. The van der Waals surface area contributed by atoms with Gasteiger partial charge >= 0.3 is 0 Å². The van der Waals surface area contributed by atoms with Crippen molar-refractivity contribution in [3.8, 4) is 5.75 Å². The van der Waals surface area contributed by atoms with E-state index in [1.54, 1.807) is 6.07 Å². The summed E-state index contributed by atoms with van der Waals surface area (Å²) in [4.78, 5) is 9.46. The van der Waals surface area contributed by atoms with Crippen molar-refractivity contribution < 1.29 is 9.78 Å². The number of fused-ring (bicyclic) bond motifs is 1. The van der Waals surface area contributed by atoms with Crippen LogP contribution in [-0.4, -0.2) is 0 Å². The fourth-order valence-corrected chi connectivity index (χ4v) is 0.801. The van der Waals surface area contributed by atoms with Crippen LogP contribution < -0.4 is 4.89 Å². The van der Waals surface area contributed by atoms with Crippen LogP contribution in [-0.2, 0) is 11.5 Å². The molecule has 0 aromatic heterocycles. The normalized spacial score (nSPS) is 14.7. The van der Waals surface area contributed by atoms with Crippen LogP contribution in [0.15, 0.2) is 18.2 Å². The highest BCUT2D eigenvalue weighted by Crippen LogP contribution is 2.23. The first kappa shape index (κ1) is 4.82. The average Bonchev–Trinajstić information content (AvgIpc) is 2.33. The van der Waals surface area contributed by atoms with E-state index < -0.39 is 0 Å². The maximum absolute atomic E-state index is 4.77. The molecule has 0 saturated carbocycles. The number of benzene rings is 1. The molecule has 1 aromatic carbocycles. The molecule has 1 heterocycles. The third kappa shape index (κ3) is 0.678. The van der Waals surface area contributed by atoms with Crippen LogP contribution in [0.5, 0.6) is 5.75 Å². The molecule has 1 aliphatic rings. The van der Waals surface area contributed by atoms with Crippen molar-refractivity contribution in [2.45, 2.75) is 6.61 Å². The molecule has 0 unspecified atom stereocenters. The van der Waals surface area contributed by atoms with Crippen molar-refractivity contribution in [2.24, 2.45) is 0 Å². The van der Waals surface area contributed by atoms with Gasteiger partial charge in [-0.25, -0.2) is 0 Å². The largest absolute Gasteiger partial charge is 0.337 e. The van der Waals surface area contributed by atoms with Crippen molar-refractivity contribution in [1.82, 2.24) is 0 Å². The minimum absolute atomic E-state index is 0.560. The molecule has 0 fully saturated rings. The summed E-state index contributed by atoms with van der Waals surface area (Å²) in [6, 6.07) is 8.43. The Kier molecular flexibility index (Phi) is 0.932. The summed E-state index contributed by atoms with van der Waals surface area (Å²) in [5.74, 6) is 0.789. The van der Waals surface area contributed by atoms with E-state index in [0.717, 1.165) is 11.3 Å². The Labute approximate surface area is 52.9 Å². The Balaban J connectivity index is 2.54. The molecular weight excluding hydrogens is 116 g/mol. The quantitative estimate of drug-likeness (QED) is 0.482. The van der Waals surface area contributed by atoms with Gasteiger partial charge in [0, 0.05) is 5.56 Å². The summed E-state index contributed by atoms with van der Waals surface area (Å²) in [6.45, 7) is 0.560. The lowest BCUT2D eigenvalue weighted by Gasteiger charge is -1.89. The molecule has 2 nitrogen and oxygen atoms in total. The van der Waals surface area contributed by atoms with Crippen molar-refractivity contribution in [1.29, 1.82) is 0 Å². The molecule has 0 amide bonds. The molecule has 1 aliphatic heterocycles. The lowest BCUT2D eigenvalue weighted by molar-refractivity contribution is -0.194. The molecular formula is C7H5O2. The number of rotatable bonds is 0. The Morgan fingerprint density at radius 1 is 1.56 bits per heavy atom. The molecule has 2 rings (SSSR count). The van der Waals surface area contributed by atoms with E-state index in [9.17, 15) is 0 Å². The van der Waals surface area contributed by atoms with Crippen LogP contribution in [0, 0.1) is 6.07 Å². The zero-order valence-electron chi connectivity index (χ0n) is 4.76. The average molecular weight is 121 g/mol. The van der Waals surface area contributed by atoms with Gasteiger partial charge in [0.25, 0.3) is 0 Å². The molecule has 0 aliphatic carbocycles. The van der Waals surface area contributed by atoms with Gasteiger partial charge in [0.1, 0.15) is 6.61 Å². The molecule has 1 radical (unpaired) electrons. The van der Waals surface area contributed by atoms with Gasteiger partial charge in [-0.2, -0.15) is 4.89 Å². The lowest BCUT2D eigenvalue weighted by atomic mass is 10.2. The smallest absolute Gasteiger partial charge is 0.171 e. The number of hydrogen-bond acceptors (Lipinski definition) is 2. The van der Waals surface area contributed by atoms with Crippen LogP contribution in [0.25, 0.3) is 0 Å². The minimum Gasteiger partial charge on any atom is -0.337 e.